The van der Waals surface area contributed by atoms with E-state index in [1.54, 1.807) is 18.2 Å². The number of nitriles is 1. The van der Waals surface area contributed by atoms with Crippen molar-refractivity contribution in [3.8, 4) is 17.6 Å². The predicted molar refractivity (Wildman–Crippen MR) is 83.4 cm³/mol. The molecule has 1 aliphatic rings. The summed E-state index contributed by atoms with van der Waals surface area (Å²) >= 11 is 0. The van der Waals surface area contributed by atoms with E-state index in [2.05, 4.69) is 5.32 Å². The van der Waals surface area contributed by atoms with Gasteiger partial charge in [0.2, 0.25) is 5.91 Å². The van der Waals surface area contributed by atoms with E-state index < -0.39 is 6.04 Å². The van der Waals surface area contributed by atoms with Gasteiger partial charge in [0.05, 0.1) is 6.07 Å². The zero-order chi connectivity index (χ0) is 16.8. The lowest BCUT2D eigenvalue weighted by molar-refractivity contribution is -0.121. The summed E-state index contributed by atoms with van der Waals surface area (Å²) in [6.07, 6.45) is 0.139. The van der Waals surface area contributed by atoms with Gasteiger partial charge in [-0.3, -0.25) is 9.59 Å². The Morgan fingerprint density at radius 3 is 2.57 bits per heavy atom. The molecule has 0 aromatic heterocycles. The first kappa shape index (κ1) is 16.8. The molecule has 0 saturated heterocycles. The molecular weight excluding hydrogens is 296 g/mol. The number of benzene rings is 1. The fraction of sp³-hybridized carbons (Fsp3) is 0.471. The summed E-state index contributed by atoms with van der Waals surface area (Å²) in [5, 5.41) is 11.6. The number of ether oxygens (including phenoxy) is 2. The van der Waals surface area contributed by atoms with E-state index in [0.717, 1.165) is 0 Å². The third-order valence-corrected chi connectivity index (χ3v) is 3.57. The van der Waals surface area contributed by atoms with E-state index >= 15 is 0 Å². The van der Waals surface area contributed by atoms with E-state index in [1.165, 1.54) is 0 Å². The van der Waals surface area contributed by atoms with Crippen molar-refractivity contribution in [3.05, 3.63) is 23.8 Å². The van der Waals surface area contributed by atoms with Crippen LogP contribution in [0.5, 0.6) is 11.5 Å². The number of carbonyl (C=O) groups is 2. The van der Waals surface area contributed by atoms with Crippen molar-refractivity contribution in [2.45, 2.75) is 32.7 Å². The molecule has 1 aliphatic heterocycles. The summed E-state index contributed by atoms with van der Waals surface area (Å²) in [5.41, 5.74) is 0.489. The van der Waals surface area contributed by atoms with E-state index in [0.29, 0.717) is 30.3 Å². The second-order valence-electron chi connectivity index (χ2n) is 5.70. The minimum Gasteiger partial charge on any atom is -0.486 e. The largest absolute Gasteiger partial charge is 0.486 e. The zero-order valence-electron chi connectivity index (χ0n) is 13.3. The first-order valence-electron chi connectivity index (χ1n) is 7.63. The van der Waals surface area contributed by atoms with Gasteiger partial charge in [-0.1, -0.05) is 13.8 Å². The first-order chi connectivity index (χ1) is 11.0. The van der Waals surface area contributed by atoms with Gasteiger partial charge in [-0.25, -0.2) is 0 Å². The Balaban J connectivity index is 1.90. The minimum atomic E-state index is -0.535. The third kappa shape index (κ3) is 4.46. The van der Waals surface area contributed by atoms with Crippen molar-refractivity contribution in [1.82, 2.24) is 5.32 Å². The van der Waals surface area contributed by atoms with Gasteiger partial charge in [-0.15, -0.1) is 0 Å². The van der Waals surface area contributed by atoms with Crippen LogP contribution in [0.1, 0.15) is 37.0 Å². The Labute approximate surface area is 135 Å². The molecule has 2 rings (SSSR count). The Bertz CT molecular complexity index is 634. The number of amides is 1. The quantitative estimate of drug-likeness (QED) is 0.812. The van der Waals surface area contributed by atoms with Gasteiger partial charge in [0.25, 0.3) is 0 Å². The molecule has 1 aromatic rings. The highest BCUT2D eigenvalue weighted by atomic mass is 16.6. The molecule has 122 valence electrons. The van der Waals surface area contributed by atoms with Gasteiger partial charge in [-0.05, 0) is 24.1 Å². The van der Waals surface area contributed by atoms with Crippen LogP contribution in [0.2, 0.25) is 0 Å². The molecule has 6 heteroatoms. The SMILES string of the molecule is CC(C)C(C#N)NC(=O)CCC(=O)c1ccc2c(c1)OCCO2. The lowest BCUT2D eigenvalue weighted by atomic mass is 10.0. The van der Waals surface area contributed by atoms with Crippen molar-refractivity contribution in [3.63, 3.8) is 0 Å². The fourth-order valence-corrected chi connectivity index (χ4v) is 2.18. The van der Waals surface area contributed by atoms with Gasteiger partial charge in [-0.2, -0.15) is 5.26 Å². The average molecular weight is 316 g/mol. The molecule has 0 spiro atoms. The van der Waals surface area contributed by atoms with Crippen LogP contribution in [0, 0.1) is 17.2 Å². The molecule has 1 unspecified atom stereocenters. The van der Waals surface area contributed by atoms with Crippen molar-refractivity contribution in [2.75, 3.05) is 13.2 Å². The molecule has 0 bridgehead atoms. The Kier molecular flexibility index (Phi) is 5.58. The summed E-state index contributed by atoms with van der Waals surface area (Å²) in [6, 6.07) is 6.51. The molecule has 0 fully saturated rings. The number of nitrogens with zero attached hydrogens (tertiary/aromatic N) is 1. The van der Waals surface area contributed by atoms with Crippen molar-refractivity contribution in [1.29, 1.82) is 5.26 Å². The Morgan fingerprint density at radius 2 is 1.91 bits per heavy atom. The molecule has 1 atom stereocenters. The molecule has 1 N–H and O–H groups in total. The van der Waals surface area contributed by atoms with Crippen LogP contribution in [0.15, 0.2) is 18.2 Å². The van der Waals surface area contributed by atoms with Crippen molar-refractivity contribution >= 4 is 11.7 Å². The maximum Gasteiger partial charge on any atom is 0.221 e. The van der Waals surface area contributed by atoms with E-state index in [1.807, 2.05) is 19.9 Å². The monoisotopic (exact) mass is 316 g/mol. The Morgan fingerprint density at radius 1 is 1.22 bits per heavy atom. The normalized spacial score (nSPS) is 14.0. The summed E-state index contributed by atoms with van der Waals surface area (Å²) in [5.74, 6) is 0.763. The van der Waals surface area contributed by atoms with Gasteiger partial charge >= 0.3 is 0 Å². The number of ketones is 1. The van der Waals surface area contributed by atoms with Crippen molar-refractivity contribution in [2.24, 2.45) is 5.92 Å². The molecule has 6 nitrogen and oxygen atoms in total. The topological polar surface area (TPSA) is 88.4 Å². The molecule has 0 radical (unpaired) electrons. The molecule has 0 saturated carbocycles. The lowest BCUT2D eigenvalue weighted by Gasteiger charge is -2.18. The number of hydrogen-bond donors (Lipinski definition) is 1. The van der Waals surface area contributed by atoms with E-state index in [4.69, 9.17) is 14.7 Å². The van der Waals surface area contributed by atoms with Crippen LogP contribution in [0.3, 0.4) is 0 Å². The summed E-state index contributed by atoms with van der Waals surface area (Å²) < 4.78 is 10.8. The van der Waals surface area contributed by atoms with Crippen molar-refractivity contribution < 1.29 is 19.1 Å². The van der Waals surface area contributed by atoms with Gasteiger partial charge in [0, 0.05) is 18.4 Å². The second kappa shape index (κ2) is 7.63. The molecule has 1 heterocycles. The first-order valence-corrected chi connectivity index (χ1v) is 7.63. The highest BCUT2D eigenvalue weighted by Crippen LogP contribution is 2.31. The highest BCUT2D eigenvalue weighted by molar-refractivity contribution is 5.98. The standard InChI is InChI=1S/C17H20N2O4/c1-11(2)13(10-18)19-17(21)6-4-14(20)12-3-5-15-16(9-12)23-8-7-22-15/h3,5,9,11,13H,4,6-8H2,1-2H3,(H,19,21). The molecular formula is C17H20N2O4. The molecule has 23 heavy (non-hydrogen) atoms. The smallest absolute Gasteiger partial charge is 0.221 e. The van der Waals surface area contributed by atoms with Gasteiger partial charge in [0.1, 0.15) is 19.3 Å². The molecule has 1 amide bonds. The van der Waals surface area contributed by atoms with Crippen LogP contribution in [-0.4, -0.2) is 30.9 Å². The van der Waals surface area contributed by atoms with Crippen LogP contribution < -0.4 is 14.8 Å². The maximum absolute atomic E-state index is 12.2. The number of rotatable bonds is 6. The molecule has 0 aliphatic carbocycles. The number of nitrogens with one attached hydrogen (secondary N) is 1. The highest BCUT2D eigenvalue weighted by Gasteiger charge is 2.18. The average Bonchev–Trinajstić information content (AvgIpc) is 2.56. The summed E-state index contributed by atoms with van der Waals surface area (Å²) in [4.78, 5) is 24.0. The second-order valence-corrected chi connectivity index (χ2v) is 5.70. The van der Waals surface area contributed by atoms with Crippen LogP contribution in [0.25, 0.3) is 0 Å². The summed E-state index contributed by atoms with van der Waals surface area (Å²) in [6.45, 7) is 4.66. The number of Topliss-reactive ketones (excluding diaryl/α,β-unsaturated/α-hetero) is 1. The lowest BCUT2D eigenvalue weighted by Crippen LogP contribution is -2.37. The summed E-state index contributed by atoms with van der Waals surface area (Å²) in [7, 11) is 0. The third-order valence-electron chi connectivity index (χ3n) is 3.57. The number of fused-ring (bicyclic) bond motifs is 1. The predicted octanol–water partition coefficient (Wildman–Crippen LogP) is 2.09. The van der Waals surface area contributed by atoms with Crippen LogP contribution in [-0.2, 0) is 4.79 Å². The Hall–Kier alpha value is -2.55. The van der Waals surface area contributed by atoms with E-state index in [9.17, 15) is 9.59 Å². The fourth-order valence-electron chi connectivity index (χ4n) is 2.18. The molecule has 1 aromatic carbocycles. The number of carbonyl (C=O) groups excluding carboxylic acids is 2. The number of hydrogen-bond acceptors (Lipinski definition) is 5. The maximum atomic E-state index is 12.2. The van der Waals surface area contributed by atoms with E-state index in [-0.39, 0.29) is 30.4 Å². The van der Waals surface area contributed by atoms with Gasteiger partial charge in [0.15, 0.2) is 17.3 Å². The minimum absolute atomic E-state index is 0.0254. The zero-order valence-corrected chi connectivity index (χ0v) is 13.3. The van der Waals surface area contributed by atoms with Crippen LogP contribution >= 0.6 is 0 Å². The van der Waals surface area contributed by atoms with Gasteiger partial charge < -0.3 is 14.8 Å². The van der Waals surface area contributed by atoms with Crippen LogP contribution in [0.4, 0.5) is 0 Å².